The number of hydrogen-bond acceptors (Lipinski definition) is 5. The fourth-order valence-corrected chi connectivity index (χ4v) is 2.71. The average Bonchev–Trinajstić information content (AvgIpc) is 3.07. The van der Waals surface area contributed by atoms with E-state index in [0.717, 1.165) is 16.0 Å². The summed E-state index contributed by atoms with van der Waals surface area (Å²) in [6, 6.07) is 18.4. The van der Waals surface area contributed by atoms with Gasteiger partial charge in [-0.3, -0.25) is 9.59 Å². The Morgan fingerprint density at radius 1 is 0.885 bits per heavy atom. The van der Waals surface area contributed by atoms with Crippen molar-refractivity contribution >= 4 is 18.0 Å². The molecule has 3 rings (SSSR count). The van der Waals surface area contributed by atoms with Gasteiger partial charge in [0.2, 0.25) is 5.91 Å². The number of likely N-dealkylation sites (tertiary alicyclic amines) is 1. The number of imide groups is 1. The predicted octanol–water partition coefficient (Wildman–Crippen LogP) is 2.92. The number of ether oxygens (including phenoxy) is 2. The molecule has 0 aromatic heterocycles. The molecule has 1 saturated heterocycles. The van der Waals surface area contributed by atoms with Crippen LogP contribution in [0.5, 0.6) is 0 Å². The minimum absolute atomic E-state index is 0.0760. The van der Waals surface area contributed by atoms with Gasteiger partial charge in [-0.15, -0.1) is 0 Å². The van der Waals surface area contributed by atoms with E-state index in [1.54, 1.807) is 0 Å². The summed E-state index contributed by atoms with van der Waals surface area (Å²) in [4.78, 5) is 37.6. The van der Waals surface area contributed by atoms with Crippen LogP contribution in [-0.4, -0.2) is 29.4 Å². The van der Waals surface area contributed by atoms with Crippen LogP contribution in [0.2, 0.25) is 0 Å². The molecule has 26 heavy (non-hydrogen) atoms. The van der Waals surface area contributed by atoms with Crippen molar-refractivity contribution in [1.82, 2.24) is 4.90 Å². The van der Waals surface area contributed by atoms with E-state index in [2.05, 4.69) is 0 Å². The van der Waals surface area contributed by atoms with Gasteiger partial charge in [0.25, 0.3) is 0 Å². The van der Waals surface area contributed by atoms with Crippen LogP contribution in [0, 0.1) is 5.92 Å². The topological polar surface area (TPSA) is 72.9 Å². The van der Waals surface area contributed by atoms with E-state index in [9.17, 15) is 14.4 Å². The van der Waals surface area contributed by atoms with Gasteiger partial charge in [-0.25, -0.2) is 9.69 Å². The third kappa shape index (κ3) is 4.27. The van der Waals surface area contributed by atoms with Crippen LogP contribution < -0.4 is 0 Å². The second-order valence-corrected chi connectivity index (χ2v) is 5.96. The molecule has 0 saturated carbocycles. The molecule has 1 atom stereocenters. The smallest absolute Gasteiger partial charge is 0.416 e. The standard InChI is InChI=1S/C20H19NO5/c22-18-17(19(23)25-13-15-7-3-1-4-8-15)11-12-21(18)20(24)26-14-16-9-5-2-6-10-16/h1-10,17H,11-14H2. The molecule has 0 N–H and O–H groups in total. The highest BCUT2D eigenvalue weighted by molar-refractivity contribution is 6.05. The normalized spacial score (nSPS) is 16.4. The molecule has 6 heteroatoms. The lowest BCUT2D eigenvalue weighted by atomic mass is 10.1. The largest absolute Gasteiger partial charge is 0.460 e. The van der Waals surface area contributed by atoms with Crippen molar-refractivity contribution in [2.75, 3.05) is 6.54 Å². The number of carbonyl (C=O) groups is 3. The highest BCUT2D eigenvalue weighted by Crippen LogP contribution is 2.21. The Balaban J connectivity index is 1.50. The van der Waals surface area contributed by atoms with Crippen LogP contribution >= 0.6 is 0 Å². The molecule has 2 aromatic rings. The first kappa shape index (κ1) is 17.7. The first-order valence-electron chi connectivity index (χ1n) is 8.38. The third-order valence-electron chi connectivity index (χ3n) is 4.14. The fraction of sp³-hybridized carbons (Fsp3) is 0.250. The van der Waals surface area contributed by atoms with Gasteiger partial charge in [-0.2, -0.15) is 0 Å². The van der Waals surface area contributed by atoms with Crippen molar-refractivity contribution in [3.05, 3.63) is 71.8 Å². The van der Waals surface area contributed by atoms with Crippen LogP contribution in [0.3, 0.4) is 0 Å². The van der Waals surface area contributed by atoms with Crippen molar-refractivity contribution in [2.24, 2.45) is 5.92 Å². The van der Waals surface area contributed by atoms with Gasteiger partial charge in [0.1, 0.15) is 19.1 Å². The third-order valence-corrected chi connectivity index (χ3v) is 4.14. The van der Waals surface area contributed by atoms with Gasteiger partial charge in [-0.1, -0.05) is 60.7 Å². The second-order valence-electron chi connectivity index (χ2n) is 5.96. The van der Waals surface area contributed by atoms with Crippen molar-refractivity contribution in [3.63, 3.8) is 0 Å². The summed E-state index contributed by atoms with van der Waals surface area (Å²) in [7, 11) is 0. The molecule has 0 bridgehead atoms. The molecular weight excluding hydrogens is 334 g/mol. The molecule has 1 aliphatic rings. The highest BCUT2D eigenvalue weighted by Gasteiger charge is 2.41. The molecule has 1 aliphatic heterocycles. The van der Waals surface area contributed by atoms with E-state index in [1.165, 1.54) is 0 Å². The maximum Gasteiger partial charge on any atom is 0.416 e. The minimum atomic E-state index is -0.956. The molecule has 134 valence electrons. The molecule has 0 aliphatic carbocycles. The van der Waals surface area contributed by atoms with E-state index >= 15 is 0 Å². The summed E-state index contributed by atoms with van der Waals surface area (Å²) < 4.78 is 10.4. The van der Waals surface area contributed by atoms with Crippen LogP contribution in [-0.2, 0) is 32.3 Å². The fourth-order valence-electron chi connectivity index (χ4n) is 2.71. The van der Waals surface area contributed by atoms with E-state index in [-0.39, 0.29) is 26.2 Å². The lowest BCUT2D eigenvalue weighted by Crippen LogP contribution is -2.36. The molecule has 1 heterocycles. The first-order valence-corrected chi connectivity index (χ1v) is 8.38. The second kappa shape index (κ2) is 8.29. The summed E-state index contributed by atoms with van der Waals surface area (Å²) in [6.45, 7) is 0.325. The first-order chi connectivity index (χ1) is 12.6. The molecule has 2 aromatic carbocycles. The van der Waals surface area contributed by atoms with Gasteiger partial charge in [0.15, 0.2) is 0 Å². The summed E-state index contributed by atoms with van der Waals surface area (Å²) in [5.41, 5.74) is 1.66. The van der Waals surface area contributed by atoms with Crippen molar-refractivity contribution < 1.29 is 23.9 Å². The van der Waals surface area contributed by atoms with Crippen molar-refractivity contribution in [3.8, 4) is 0 Å². The van der Waals surface area contributed by atoms with E-state index in [0.29, 0.717) is 0 Å². The number of benzene rings is 2. The maximum absolute atomic E-state index is 12.3. The number of esters is 1. The summed E-state index contributed by atoms with van der Waals surface area (Å²) >= 11 is 0. The Hall–Kier alpha value is -3.15. The van der Waals surface area contributed by atoms with Crippen molar-refractivity contribution in [2.45, 2.75) is 19.6 Å². The Morgan fingerprint density at radius 2 is 1.42 bits per heavy atom. The summed E-state index contributed by atoms with van der Waals surface area (Å²) in [5.74, 6) is -2.14. The van der Waals surface area contributed by atoms with Crippen LogP contribution in [0.4, 0.5) is 4.79 Å². The summed E-state index contributed by atoms with van der Waals surface area (Å²) in [5, 5.41) is 0. The van der Waals surface area contributed by atoms with Gasteiger partial charge in [0, 0.05) is 6.54 Å². The molecule has 0 spiro atoms. The Labute approximate surface area is 151 Å². The number of nitrogens with zero attached hydrogens (tertiary/aromatic N) is 1. The zero-order chi connectivity index (χ0) is 18.4. The van der Waals surface area contributed by atoms with E-state index in [4.69, 9.17) is 9.47 Å². The minimum Gasteiger partial charge on any atom is -0.460 e. The molecule has 2 amide bonds. The van der Waals surface area contributed by atoms with Gasteiger partial charge in [-0.05, 0) is 17.5 Å². The van der Waals surface area contributed by atoms with Crippen LogP contribution in [0.15, 0.2) is 60.7 Å². The van der Waals surface area contributed by atoms with E-state index in [1.807, 2.05) is 60.7 Å². The number of hydrogen-bond donors (Lipinski definition) is 0. The monoisotopic (exact) mass is 353 g/mol. The van der Waals surface area contributed by atoms with Crippen molar-refractivity contribution in [1.29, 1.82) is 0 Å². The lowest BCUT2D eigenvalue weighted by Gasteiger charge is -2.14. The van der Waals surface area contributed by atoms with Gasteiger partial charge >= 0.3 is 12.1 Å². The number of amides is 2. The number of rotatable bonds is 5. The van der Waals surface area contributed by atoms with Crippen LogP contribution in [0.25, 0.3) is 0 Å². The zero-order valence-corrected chi connectivity index (χ0v) is 14.2. The molecule has 6 nitrogen and oxygen atoms in total. The predicted molar refractivity (Wildman–Crippen MR) is 92.7 cm³/mol. The Kier molecular flexibility index (Phi) is 5.63. The SMILES string of the molecule is O=C(OCc1ccccc1)C1CCN(C(=O)OCc2ccccc2)C1=O. The number of carbonyl (C=O) groups excluding carboxylic acids is 3. The maximum atomic E-state index is 12.3. The zero-order valence-electron chi connectivity index (χ0n) is 14.2. The molecule has 1 unspecified atom stereocenters. The Bertz CT molecular complexity index is 710. The molecule has 1 fully saturated rings. The molecular formula is C20H19NO5. The van der Waals surface area contributed by atoms with E-state index < -0.39 is 23.9 Å². The highest BCUT2D eigenvalue weighted by atomic mass is 16.6. The summed E-state index contributed by atoms with van der Waals surface area (Å²) in [6.07, 6.45) is -0.496. The lowest BCUT2D eigenvalue weighted by molar-refractivity contribution is -0.153. The molecule has 0 radical (unpaired) electrons. The average molecular weight is 353 g/mol. The van der Waals surface area contributed by atoms with Gasteiger partial charge in [0.05, 0.1) is 0 Å². The van der Waals surface area contributed by atoms with Gasteiger partial charge < -0.3 is 9.47 Å². The quantitative estimate of drug-likeness (QED) is 0.610. The van der Waals surface area contributed by atoms with Crippen LogP contribution in [0.1, 0.15) is 17.5 Å². The Morgan fingerprint density at radius 3 is 2.00 bits per heavy atom.